The summed E-state index contributed by atoms with van der Waals surface area (Å²) in [5.74, 6) is -1.62. The van der Waals surface area contributed by atoms with Crippen molar-refractivity contribution >= 4 is 29.6 Å². The molecule has 2 rings (SSSR count). The molecule has 2 aromatic carbocycles. The van der Waals surface area contributed by atoms with Crippen LogP contribution >= 0.6 is 0 Å². The van der Waals surface area contributed by atoms with E-state index in [4.69, 9.17) is 14.2 Å². The number of hydrogen-bond acceptors (Lipinski definition) is 7. The Bertz CT molecular complexity index is 894. The number of rotatable bonds is 7. The van der Waals surface area contributed by atoms with Crippen molar-refractivity contribution in [1.29, 1.82) is 0 Å². The third-order valence-corrected chi connectivity index (χ3v) is 3.56. The van der Waals surface area contributed by atoms with Crippen LogP contribution in [0.4, 0.5) is 10.5 Å². The Morgan fingerprint density at radius 3 is 2.31 bits per heavy atom. The molecular weight excluding hydrogens is 380 g/mol. The predicted molar refractivity (Wildman–Crippen MR) is 103 cm³/mol. The molecule has 0 spiro atoms. The second kappa shape index (κ2) is 10.5. The van der Waals surface area contributed by atoms with Gasteiger partial charge in [0.25, 0.3) is 11.8 Å². The summed E-state index contributed by atoms with van der Waals surface area (Å²) >= 11 is 0. The standard InChI is InChI=1S/C20H20N2O7/c1-3-28-20(26)21-15-6-4-5-14(11-15)19(25)29-12-17(23)22-18(24)13-7-9-16(27-2)10-8-13/h4-11H,3,12H2,1-2H3,(H,21,26)(H,22,23,24). The molecule has 152 valence electrons. The summed E-state index contributed by atoms with van der Waals surface area (Å²) in [6.45, 7) is 1.23. The highest BCUT2D eigenvalue weighted by Crippen LogP contribution is 2.13. The Kier molecular flexibility index (Phi) is 7.72. The first-order valence-corrected chi connectivity index (χ1v) is 8.62. The van der Waals surface area contributed by atoms with Gasteiger partial charge in [-0.05, 0) is 49.4 Å². The SMILES string of the molecule is CCOC(=O)Nc1cccc(C(=O)OCC(=O)NC(=O)c2ccc(OC)cc2)c1. The van der Waals surface area contributed by atoms with Crippen LogP contribution in [0.3, 0.4) is 0 Å². The zero-order chi connectivity index (χ0) is 21.2. The molecule has 0 aliphatic rings. The number of benzene rings is 2. The molecule has 29 heavy (non-hydrogen) atoms. The zero-order valence-electron chi connectivity index (χ0n) is 15.9. The van der Waals surface area contributed by atoms with E-state index in [-0.39, 0.29) is 17.7 Å². The van der Waals surface area contributed by atoms with E-state index < -0.39 is 30.5 Å². The number of nitrogens with one attached hydrogen (secondary N) is 2. The summed E-state index contributed by atoms with van der Waals surface area (Å²) in [7, 11) is 1.50. The molecule has 0 radical (unpaired) electrons. The van der Waals surface area contributed by atoms with Crippen LogP contribution in [0.25, 0.3) is 0 Å². The lowest BCUT2D eigenvalue weighted by atomic mass is 10.2. The van der Waals surface area contributed by atoms with Crippen LogP contribution in [-0.4, -0.2) is 44.2 Å². The minimum absolute atomic E-state index is 0.119. The first kappa shape index (κ1) is 21.4. The molecule has 2 N–H and O–H groups in total. The molecule has 0 unspecified atom stereocenters. The maximum absolute atomic E-state index is 12.1. The number of ether oxygens (including phenoxy) is 3. The molecule has 0 saturated heterocycles. The molecule has 3 amide bonds. The fraction of sp³-hybridized carbons (Fsp3) is 0.200. The van der Waals surface area contributed by atoms with Gasteiger partial charge in [0.05, 0.1) is 19.3 Å². The van der Waals surface area contributed by atoms with Crippen LogP contribution in [0.5, 0.6) is 5.75 Å². The highest BCUT2D eigenvalue weighted by Gasteiger charge is 2.14. The molecule has 0 aliphatic carbocycles. The van der Waals surface area contributed by atoms with Gasteiger partial charge in [0.15, 0.2) is 6.61 Å². The number of hydrogen-bond donors (Lipinski definition) is 2. The smallest absolute Gasteiger partial charge is 0.411 e. The molecule has 0 aliphatic heterocycles. The van der Waals surface area contributed by atoms with Gasteiger partial charge in [0, 0.05) is 11.3 Å². The molecule has 0 atom stereocenters. The average molecular weight is 400 g/mol. The second-order valence-corrected chi connectivity index (χ2v) is 5.61. The highest BCUT2D eigenvalue weighted by molar-refractivity contribution is 6.05. The zero-order valence-corrected chi connectivity index (χ0v) is 15.9. The van der Waals surface area contributed by atoms with Crippen LogP contribution in [0, 0.1) is 0 Å². The van der Waals surface area contributed by atoms with Gasteiger partial charge in [-0.2, -0.15) is 0 Å². The number of methoxy groups -OCH3 is 1. The van der Waals surface area contributed by atoms with E-state index in [1.54, 1.807) is 25.1 Å². The second-order valence-electron chi connectivity index (χ2n) is 5.61. The first-order chi connectivity index (χ1) is 13.9. The molecule has 0 saturated carbocycles. The van der Waals surface area contributed by atoms with E-state index in [0.717, 1.165) is 0 Å². The fourth-order valence-electron chi connectivity index (χ4n) is 2.20. The molecule has 0 aromatic heterocycles. The summed E-state index contributed by atoms with van der Waals surface area (Å²) in [5.41, 5.74) is 0.703. The van der Waals surface area contributed by atoms with Gasteiger partial charge >= 0.3 is 12.1 Å². The number of carbonyl (C=O) groups excluding carboxylic acids is 4. The number of imide groups is 1. The highest BCUT2D eigenvalue weighted by atomic mass is 16.5. The largest absolute Gasteiger partial charge is 0.497 e. The Labute approximate surface area is 166 Å². The Morgan fingerprint density at radius 1 is 0.931 bits per heavy atom. The fourth-order valence-corrected chi connectivity index (χ4v) is 2.20. The van der Waals surface area contributed by atoms with Gasteiger partial charge in [-0.3, -0.25) is 20.2 Å². The van der Waals surface area contributed by atoms with Crippen molar-refractivity contribution in [1.82, 2.24) is 5.32 Å². The van der Waals surface area contributed by atoms with Crippen LogP contribution < -0.4 is 15.4 Å². The van der Waals surface area contributed by atoms with Gasteiger partial charge in [-0.15, -0.1) is 0 Å². The molecular formula is C20H20N2O7. The molecule has 9 nitrogen and oxygen atoms in total. The first-order valence-electron chi connectivity index (χ1n) is 8.62. The van der Waals surface area contributed by atoms with Crippen molar-refractivity contribution in [3.63, 3.8) is 0 Å². The van der Waals surface area contributed by atoms with E-state index in [2.05, 4.69) is 10.6 Å². The average Bonchev–Trinajstić information content (AvgIpc) is 2.72. The third-order valence-electron chi connectivity index (χ3n) is 3.56. The minimum Gasteiger partial charge on any atom is -0.497 e. The maximum atomic E-state index is 12.1. The van der Waals surface area contributed by atoms with E-state index in [0.29, 0.717) is 11.4 Å². The summed E-state index contributed by atoms with van der Waals surface area (Å²) in [6.07, 6.45) is -0.658. The molecule has 0 bridgehead atoms. The van der Waals surface area contributed by atoms with Gasteiger partial charge in [-0.1, -0.05) is 6.07 Å². The van der Waals surface area contributed by atoms with E-state index >= 15 is 0 Å². The van der Waals surface area contributed by atoms with Crippen LogP contribution in [0.1, 0.15) is 27.6 Å². The molecule has 9 heteroatoms. The maximum Gasteiger partial charge on any atom is 0.411 e. The summed E-state index contributed by atoms with van der Waals surface area (Å²) < 4.78 is 14.6. The van der Waals surface area contributed by atoms with E-state index in [1.807, 2.05) is 0 Å². The van der Waals surface area contributed by atoms with Gasteiger partial charge < -0.3 is 14.2 Å². The van der Waals surface area contributed by atoms with Crippen molar-refractivity contribution in [2.75, 3.05) is 25.6 Å². The summed E-state index contributed by atoms with van der Waals surface area (Å²) in [6, 6.07) is 12.1. The Balaban J connectivity index is 1.87. The number of amides is 3. The molecule has 2 aromatic rings. The number of anilines is 1. The lowest BCUT2D eigenvalue weighted by molar-refractivity contribution is -0.123. The normalized spacial score (nSPS) is 9.86. The lowest BCUT2D eigenvalue weighted by Gasteiger charge is -2.08. The quantitative estimate of drug-likeness (QED) is 0.685. The van der Waals surface area contributed by atoms with Crippen molar-refractivity contribution in [2.24, 2.45) is 0 Å². The number of carbonyl (C=O) groups is 4. The third kappa shape index (κ3) is 6.65. The van der Waals surface area contributed by atoms with Crippen LogP contribution in [0.15, 0.2) is 48.5 Å². The van der Waals surface area contributed by atoms with E-state index in [1.165, 1.54) is 37.4 Å². The molecule has 0 fully saturated rings. The molecule has 0 heterocycles. The summed E-state index contributed by atoms with van der Waals surface area (Å²) in [4.78, 5) is 47.4. The number of esters is 1. The van der Waals surface area contributed by atoms with Crippen LogP contribution in [-0.2, 0) is 14.3 Å². The monoisotopic (exact) mass is 400 g/mol. The predicted octanol–water partition coefficient (Wildman–Crippen LogP) is 2.38. The van der Waals surface area contributed by atoms with Gasteiger partial charge in [0.1, 0.15) is 5.75 Å². The van der Waals surface area contributed by atoms with Crippen molar-refractivity contribution in [3.8, 4) is 5.75 Å². The topological polar surface area (TPSA) is 120 Å². The van der Waals surface area contributed by atoms with Crippen LogP contribution in [0.2, 0.25) is 0 Å². The Hall–Kier alpha value is -3.88. The Morgan fingerprint density at radius 2 is 1.66 bits per heavy atom. The van der Waals surface area contributed by atoms with Crippen molar-refractivity contribution in [2.45, 2.75) is 6.92 Å². The minimum atomic E-state index is -0.787. The van der Waals surface area contributed by atoms with Gasteiger partial charge in [0.2, 0.25) is 0 Å². The van der Waals surface area contributed by atoms with E-state index in [9.17, 15) is 19.2 Å². The summed E-state index contributed by atoms with van der Waals surface area (Å²) in [5, 5.41) is 4.58. The van der Waals surface area contributed by atoms with Crippen molar-refractivity contribution < 1.29 is 33.4 Å². The van der Waals surface area contributed by atoms with Gasteiger partial charge in [-0.25, -0.2) is 9.59 Å². The lowest BCUT2D eigenvalue weighted by Crippen LogP contribution is -2.34. The van der Waals surface area contributed by atoms with Crippen molar-refractivity contribution in [3.05, 3.63) is 59.7 Å².